The second kappa shape index (κ2) is 10.0. The zero-order valence-corrected chi connectivity index (χ0v) is 18.3. The number of carbonyl (C=O) groups is 2. The van der Waals surface area contributed by atoms with E-state index in [1.807, 2.05) is 10.3 Å². The molecule has 4 rings (SSSR count). The molecule has 1 aliphatic rings. The summed E-state index contributed by atoms with van der Waals surface area (Å²) >= 11 is 1.43. The van der Waals surface area contributed by atoms with E-state index in [9.17, 15) is 18.8 Å². The molecule has 1 aromatic carbocycles. The van der Waals surface area contributed by atoms with Crippen molar-refractivity contribution in [1.82, 2.24) is 24.5 Å². The van der Waals surface area contributed by atoms with E-state index in [2.05, 4.69) is 15.2 Å². The number of nitrogens with zero attached hydrogens (tertiary/aromatic N) is 4. The van der Waals surface area contributed by atoms with Gasteiger partial charge in [-0.2, -0.15) is 0 Å². The SMILES string of the molecule is O=C(NCCCC(=O)N1CCN(Cc2cc(=O)n3ccsc3n2)CC1)c1ccc(F)cc1. The number of fused-ring (bicyclic) bond motifs is 1. The molecule has 1 saturated heterocycles. The van der Waals surface area contributed by atoms with E-state index < -0.39 is 0 Å². The lowest BCUT2D eigenvalue weighted by molar-refractivity contribution is -0.133. The van der Waals surface area contributed by atoms with E-state index in [-0.39, 0.29) is 23.2 Å². The largest absolute Gasteiger partial charge is 0.352 e. The average molecular weight is 458 g/mol. The molecule has 32 heavy (non-hydrogen) atoms. The summed E-state index contributed by atoms with van der Waals surface area (Å²) in [6.45, 7) is 3.66. The highest BCUT2D eigenvalue weighted by Crippen LogP contribution is 2.11. The number of nitrogens with one attached hydrogen (secondary N) is 1. The molecule has 0 aliphatic carbocycles. The normalized spacial score (nSPS) is 14.6. The Balaban J connectivity index is 1.17. The molecule has 168 valence electrons. The van der Waals surface area contributed by atoms with Crippen molar-refractivity contribution in [2.45, 2.75) is 19.4 Å². The Morgan fingerprint density at radius 3 is 2.62 bits per heavy atom. The maximum Gasteiger partial charge on any atom is 0.258 e. The summed E-state index contributed by atoms with van der Waals surface area (Å²) in [5, 5.41) is 4.59. The van der Waals surface area contributed by atoms with E-state index in [0.29, 0.717) is 49.5 Å². The number of rotatable bonds is 7. The van der Waals surface area contributed by atoms with Crippen LogP contribution in [0.5, 0.6) is 0 Å². The molecule has 2 aromatic heterocycles. The van der Waals surface area contributed by atoms with Crippen LogP contribution in [0.2, 0.25) is 0 Å². The first-order chi connectivity index (χ1) is 15.5. The number of thiazole rings is 1. The molecule has 10 heteroatoms. The molecule has 1 fully saturated rings. The van der Waals surface area contributed by atoms with Crippen molar-refractivity contribution < 1.29 is 14.0 Å². The van der Waals surface area contributed by atoms with Crippen LogP contribution in [-0.2, 0) is 11.3 Å². The van der Waals surface area contributed by atoms with Crippen molar-refractivity contribution in [3.05, 3.63) is 69.3 Å². The fourth-order valence-electron chi connectivity index (χ4n) is 3.66. The number of hydrogen-bond donors (Lipinski definition) is 1. The maximum absolute atomic E-state index is 12.9. The highest BCUT2D eigenvalue weighted by Gasteiger charge is 2.21. The lowest BCUT2D eigenvalue weighted by atomic mass is 10.2. The predicted octanol–water partition coefficient (Wildman–Crippen LogP) is 1.75. The van der Waals surface area contributed by atoms with E-state index in [1.165, 1.54) is 40.0 Å². The molecule has 1 aliphatic heterocycles. The fraction of sp³-hybridized carbons (Fsp3) is 0.364. The lowest BCUT2D eigenvalue weighted by Crippen LogP contribution is -2.48. The van der Waals surface area contributed by atoms with Gasteiger partial charge in [-0.3, -0.25) is 23.7 Å². The van der Waals surface area contributed by atoms with Gasteiger partial charge in [-0.05, 0) is 30.7 Å². The molecular weight excluding hydrogens is 433 g/mol. The topological polar surface area (TPSA) is 87.0 Å². The molecule has 0 bridgehead atoms. The van der Waals surface area contributed by atoms with E-state index in [0.717, 1.165) is 18.8 Å². The molecule has 3 heterocycles. The van der Waals surface area contributed by atoms with Crippen molar-refractivity contribution in [1.29, 1.82) is 0 Å². The maximum atomic E-state index is 12.9. The summed E-state index contributed by atoms with van der Waals surface area (Å²) in [7, 11) is 0. The zero-order valence-electron chi connectivity index (χ0n) is 17.5. The van der Waals surface area contributed by atoms with Gasteiger partial charge in [0.2, 0.25) is 5.91 Å². The minimum absolute atomic E-state index is 0.0667. The summed E-state index contributed by atoms with van der Waals surface area (Å²) < 4.78 is 14.5. The van der Waals surface area contributed by atoms with Crippen LogP contribution in [0.3, 0.4) is 0 Å². The van der Waals surface area contributed by atoms with Crippen molar-refractivity contribution >= 4 is 28.1 Å². The van der Waals surface area contributed by atoms with Crippen molar-refractivity contribution in [3.8, 4) is 0 Å². The molecule has 1 N–H and O–H groups in total. The first-order valence-electron chi connectivity index (χ1n) is 10.5. The molecule has 3 aromatic rings. The van der Waals surface area contributed by atoms with Gasteiger partial charge in [0.25, 0.3) is 11.5 Å². The molecule has 0 atom stereocenters. The minimum atomic E-state index is -0.388. The molecule has 0 unspecified atom stereocenters. The van der Waals surface area contributed by atoms with Gasteiger partial charge >= 0.3 is 0 Å². The van der Waals surface area contributed by atoms with Crippen LogP contribution in [0.25, 0.3) is 4.96 Å². The summed E-state index contributed by atoms with van der Waals surface area (Å²) in [4.78, 5) is 45.9. The minimum Gasteiger partial charge on any atom is -0.352 e. The Hall–Kier alpha value is -3.11. The molecule has 0 spiro atoms. The van der Waals surface area contributed by atoms with Crippen LogP contribution in [-0.4, -0.2) is 63.7 Å². The van der Waals surface area contributed by atoms with Gasteiger partial charge in [-0.15, -0.1) is 11.3 Å². The first-order valence-corrected chi connectivity index (χ1v) is 11.4. The molecule has 2 amide bonds. The Morgan fingerprint density at radius 2 is 1.88 bits per heavy atom. The lowest BCUT2D eigenvalue weighted by Gasteiger charge is -2.34. The van der Waals surface area contributed by atoms with Gasteiger partial charge in [-0.25, -0.2) is 9.37 Å². The third-order valence-electron chi connectivity index (χ3n) is 5.43. The number of carbonyl (C=O) groups excluding carboxylic acids is 2. The van der Waals surface area contributed by atoms with Crippen LogP contribution in [0.4, 0.5) is 4.39 Å². The quantitative estimate of drug-likeness (QED) is 0.547. The highest BCUT2D eigenvalue weighted by molar-refractivity contribution is 7.15. The third-order valence-corrected chi connectivity index (χ3v) is 6.18. The van der Waals surface area contributed by atoms with Gasteiger partial charge in [0, 0.05) is 68.9 Å². The van der Waals surface area contributed by atoms with Crippen molar-refractivity contribution in [2.24, 2.45) is 0 Å². The second-order valence-electron chi connectivity index (χ2n) is 7.66. The summed E-state index contributed by atoms with van der Waals surface area (Å²) in [6.07, 6.45) is 2.62. The predicted molar refractivity (Wildman–Crippen MR) is 119 cm³/mol. The van der Waals surface area contributed by atoms with Crippen LogP contribution in [0, 0.1) is 5.82 Å². The number of aromatic nitrogens is 2. The zero-order chi connectivity index (χ0) is 22.5. The number of piperazine rings is 1. The fourth-order valence-corrected chi connectivity index (χ4v) is 4.39. The van der Waals surface area contributed by atoms with E-state index >= 15 is 0 Å². The van der Waals surface area contributed by atoms with E-state index in [1.54, 1.807) is 12.3 Å². The van der Waals surface area contributed by atoms with Gasteiger partial charge < -0.3 is 10.2 Å². The standard InChI is InChI=1S/C22H24FN5O3S/c23-17-5-3-16(4-6-17)21(31)24-7-1-2-19(29)27-10-8-26(9-11-27)15-18-14-20(30)28-12-13-32-22(28)25-18/h3-6,12-14H,1-2,7-11,15H2,(H,24,31). The number of hydrogen-bond acceptors (Lipinski definition) is 6. The average Bonchev–Trinajstić information content (AvgIpc) is 3.27. The summed E-state index contributed by atoms with van der Waals surface area (Å²) in [5.74, 6) is -0.599. The van der Waals surface area contributed by atoms with Gasteiger partial charge in [-0.1, -0.05) is 0 Å². The van der Waals surface area contributed by atoms with Gasteiger partial charge in [0.1, 0.15) is 5.82 Å². The highest BCUT2D eigenvalue weighted by atomic mass is 32.1. The molecule has 0 radical (unpaired) electrons. The Bertz CT molecular complexity index is 1150. The van der Waals surface area contributed by atoms with Crippen LogP contribution in [0.15, 0.2) is 46.7 Å². The molecule has 0 saturated carbocycles. The van der Waals surface area contributed by atoms with Gasteiger partial charge in [0.15, 0.2) is 4.96 Å². The Morgan fingerprint density at radius 1 is 1.12 bits per heavy atom. The first kappa shape index (κ1) is 22.1. The van der Waals surface area contributed by atoms with Crippen LogP contribution < -0.4 is 10.9 Å². The number of amides is 2. The van der Waals surface area contributed by atoms with E-state index in [4.69, 9.17) is 0 Å². The molecule has 8 nitrogen and oxygen atoms in total. The molecular formula is C22H24FN5O3S. The van der Waals surface area contributed by atoms with Crippen molar-refractivity contribution in [3.63, 3.8) is 0 Å². The number of halogens is 1. The third kappa shape index (κ3) is 5.38. The van der Waals surface area contributed by atoms with Crippen molar-refractivity contribution in [2.75, 3.05) is 32.7 Å². The number of benzene rings is 1. The second-order valence-corrected chi connectivity index (χ2v) is 8.54. The smallest absolute Gasteiger partial charge is 0.258 e. The van der Waals surface area contributed by atoms with Crippen LogP contribution >= 0.6 is 11.3 Å². The van der Waals surface area contributed by atoms with Crippen LogP contribution in [0.1, 0.15) is 28.9 Å². The monoisotopic (exact) mass is 457 g/mol. The Kier molecular flexibility index (Phi) is 6.91. The summed E-state index contributed by atoms with van der Waals surface area (Å²) in [5.41, 5.74) is 1.06. The van der Waals surface area contributed by atoms with Gasteiger partial charge in [0.05, 0.1) is 5.69 Å². The Labute approximate surface area is 188 Å². The summed E-state index contributed by atoms with van der Waals surface area (Å²) in [6, 6.07) is 6.91.